The van der Waals surface area contributed by atoms with E-state index in [2.05, 4.69) is 17.3 Å². The molecule has 1 aliphatic carbocycles. The second kappa shape index (κ2) is 6.35. The molecule has 1 saturated carbocycles. The monoisotopic (exact) mass is 274 g/mol. The van der Waals surface area contributed by atoms with Crippen LogP contribution in [0.2, 0.25) is 0 Å². The molecule has 0 aromatic carbocycles. The molecule has 1 unspecified atom stereocenters. The summed E-state index contributed by atoms with van der Waals surface area (Å²) < 4.78 is 22.8. The molecule has 106 valence electrons. The summed E-state index contributed by atoms with van der Waals surface area (Å²) in [6, 6.07) is 0.989. The minimum absolute atomic E-state index is 0.251. The quantitative estimate of drug-likeness (QED) is 0.735. The van der Waals surface area contributed by atoms with Crippen LogP contribution in [0.4, 0.5) is 0 Å². The Hall–Kier alpha value is -0.130. The predicted molar refractivity (Wildman–Crippen MR) is 74.6 cm³/mol. The van der Waals surface area contributed by atoms with Gasteiger partial charge in [0, 0.05) is 12.1 Å². The number of sulfone groups is 1. The van der Waals surface area contributed by atoms with Gasteiger partial charge in [0.2, 0.25) is 0 Å². The van der Waals surface area contributed by atoms with Crippen molar-refractivity contribution in [2.45, 2.75) is 50.6 Å². The van der Waals surface area contributed by atoms with Gasteiger partial charge in [-0.05, 0) is 45.8 Å². The molecule has 1 N–H and O–H groups in total. The maximum Gasteiger partial charge on any atom is 0.151 e. The van der Waals surface area contributed by atoms with E-state index in [4.69, 9.17) is 0 Å². The summed E-state index contributed by atoms with van der Waals surface area (Å²) in [5.74, 6) is 0.738. The summed E-state index contributed by atoms with van der Waals surface area (Å²) in [6.45, 7) is 2.06. The smallest absolute Gasteiger partial charge is 0.151 e. The van der Waals surface area contributed by atoms with E-state index in [0.29, 0.717) is 11.5 Å². The largest absolute Gasteiger partial charge is 0.314 e. The molecule has 1 saturated heterocycles. The molecule has 2 rings (SSSR count). The molecule has 2 fully saturated rings. The average molecular weight is 274 g/mol. The SMILES string of the molecule is CN(CCCNC1CCCC1)C1CCS(=O)(=O)C1. The molecule has 5 heteroatoms. The fourth-order valence-electron chi connectivity index (χ4n) is 3.07. The highest BCUT2D eigenvalue weighted by molar-refractivity contribution is 7.91. The zero-order valence-electron chi connectivity index (χ0n) is 11.4. The van der Waals surface area contributed by atoms with Gasteiger partial charge in [0.25, 0.3) is 0 Å². The molecule has 0 bridgehead atoms. The number of nitrogens with one attached hydrogen (secondary N) is 1. The van der Waals surface area contributed by atoms with E-state index in [1.165, 1.54) is 25.7 Å². The normalized spacial score (nSPS) is 28.2. The summed E-state index contributed by atoms with van der Waals surface area (Å²) in [5.41, 5.74) is 0. The highest BCUT2D eigenvalue weighted by Crippen LogP contribution is 2.18. The van der Waals surface area contributed by atoms with Crippen LogP contribution in [0.5, 0.6) is 0 Å². The third-order valence-electron chi connectivity index (χ3n) is 4.31. The van der Waals surface area contributed by atoms with Crippen molar-refractivity contribution in [1.82, 2.24) is 10.2 Å². The first-order valence-corrected chi connectivity index (χ1v) is 9.03. The molecule has 1 atom stereocenters. The van der Waals surface area contributed by atoms with E-state index in [-0.39, 0.29) is 6.04 Å². The second-order valence-corrected chi connectivity index (χ2v) is 8.06. The lowest BCUT2D eigenvalue weighted by Crippen LogP contribution is -2.35. The van der Waals surface area contributed by atoms with Gasteiger partial charge in [-0.2, -0.15) is 0 Å². The summed E-state index contributed by atoms with van der Waals surface area (Å²) in [5, 5.41) is 3.60. The van der Waals surface area contributed by atoms with Crippen LogP contribution in [0.25, 0.3) is 0 Å². The Labute approximate surface area is 111 Å². The first-order chi connectivity index (χ1) is 8.57. The van der Waals surface area contributed by atoms with Gasteiger partial charge in [-0.3, -0.25) is 0 Å². The summed E-state index contributed by atoms with van der Waals surface area (Å²) in [7, 11) is -0.685. The molecule has 0 aromatic rings. The molecule has 1 aliphatic heterocycles. The van der Waals surface area contributed by atoms with Crippen LogP contribution < -0.4 is 5.32 Å². The zero-order chi connectivity index (χ0) is 13.0. The lowest BCUT2D eigenvalue weighted by molar-refractivity contribution is 0.256. The Morgan fingerprint density at radius 1 is 1.22 bits per heavy atom. The van der Waals surface area contributed by atoms with Gasteiger partial charge in [0.15, 0.2) is 9.84 Å². The Morgan fingerprint density at radius 3 is 2.56 bits per heavy atom. The zero-order valence-corrected chi connectivity index (χ0v) is 12.2. The third kappa shape index (κ3) is 4.21. The Morgan fingerprint density at radius 2 is 1.94 bits per heavy atom. The van der Waals surface area contributed by atoms with Gasteiger partial charge in [-0.25, -0.2) is 8.42 Å². The van der Waals surface area contributed by atoms with Gasteiger partial charge in [0.05, 0.1) is 11.5 Å². The maximum absolute atomic E-state index is 11.4. The second-order valence-electron chi connectivity index (χ2n) is 5.83. The van der Waals surface area contributed by atoms with Crippen molar-refractivity contribution in [2.24, 2.45) is 0 Å². The van der Waals surface area contributed by atoms with Gasteiger partial charge >= 0.3 is 0 Å². The molecule has 0 aromatic heterocycles. The van der Waals surface area contributed by atoms with Crippen LogP contribution in [-0.4, -0.2) is 57.0 Å². The first kappa shape index (κ1) is 14.3. The van der Waals surface area contributed by atoms with E-state index in [1.807, 2.05) is 0 Å². The van der Waals surface area contributed by atoms with Gasteiger partial charge in [-0.1, -0.05) is 12.8 Å². The predicted octanol–water partition coefficient (Wildman–Crippen LogP) is 1.03. The number of rotatable bonds is 6. The van der Waals surface area contributed by atoms with Crippen LogP contribution in [-0.2, 0) is 9.84 Å². The van der Waals surface area contributed by atoms with Crippen LogP contribution >= 0.6 is 0 Å². The van der Waals surface area contributed by atoms with Crippen molar-refractivity contribution >= 4 is 9.84 Å². The van der Waals surface area contributed by atoms with Gasteiger partial charge in [-0.15, -0.1) is 0 Å². The Bertz CT molecular complexity index is 350. The topological polar surface area (TPSA) is 49.4 Å². The van der Waals surface area contributed by atoms with Crippen molar-refractivity contribution in [3.63, 3.8) is 0 Å². The fourth-order valence-corrected chi connectivity index (χ4v) is 4.88. The number of nitrogens with zero attached hydrogens (tertiary/aromatic N) is 1. The highest BCUT2D eigenvalue weighted by Gasteiger charge is 2.30. The molecule has 18 heavy (non-hydrogen) atoms. The van der Waals surface area contributed by atoms with E-state index in [1.54, 1.807) is 0 Å². The molecule has 0 radical (unpaired) electrons. The summed E-state index contributed by atoms with van der Waals surface area (Å²) in [6.07, 6.45) is 7.33. The standard InChI is InChI=1S/C13H26N2O2S/c1-15(13-7-10-18(16,17)11-13)9-4-8-14-12-5-2-3-6-12/h12-14H,2-11H2,1H3. The maximum atomic E-state index is 11.4. The van der Waals surface area contributed by atoms with Crippen molar-refractivity contribution in [2.75, 3.05) is 31.6 Å². The van der Waals surface area contributed by atoms with Gasteiger partial charge < -0.3 is 10.2 Å². The minimum atomic E-state index is -2.74. The molecular formula is C13H26N2O2S. The molecule has 1 heterocycles. The summed E-state index contributed by atoms with van der Waals surface area (Å²) >= 11 is 0. The minimum Gasteiger partial charge on any atom is -0.314 e. The first-order valence-electron chi connectivity index (χ1n) is 7.21. The molecule has 4 nitrogen and oxygen atoms in total. The molecule has 0 amide bonds. The van der Waals surface area contributed by atoms with Crippen molar-refractivity contribution in [1.29, 1.82) is 0 Å². The van der Waals surface area contributed by atoms with E-state index in [0.717, 1.165) is 32.0 Å². The van der Waals surface area contributed by atoms with Crippen molar-refractivity contribution in [3.05, 3.63) is 0 Å². The van der Waals surface area contributed by atoms with E-state index >= 15 is 0 Å². The number of hydrogen-bond acceptors (Lipinski definition) is 4. The van der Waals surface area contributed by atoms with Crippen LogP contribution in [0, 0.1) is 0 Å². The van der Waals surface area contributed by atoms with Gasteiger partial charge in [0.1, 0.15) is 0 Å². The van der Waals surface area contributed by atoms with Crippen molar-refractivity contribution < 1.29 is 8.42 Å². The summed E-state index contributed by atoms with van der Waals surface area (Å²) in [4.78, 5) is 2.22. The van der Waals surface area contributed by atoms with Crippen LogP contribution in [0.3, 0.4) is 0 Å². The Kier molecular flexibility index (Phi) is 5.04. The lowest BCUT2D eigenvalue weighted by atomic mass is 10.2. The fraction of sp³-hybridized carbons (Fsp3) is 1.00. The third-order valence-corrected chi connectivity index (χ3v) is 6.06. The van der Waals surface area contributed by atoms with E-state index in [9.17, 15) is 8.42 Å². The Balaban J connectivity index is 1.58. The molecule has 2 aliphatic rings. The number of hydrogen-bond donors (Lipinski definition) is 1. The molecule has 0 spiro atoms. The van der Waals surface area contributed by atoms with Crippen molar-refractivity contribution in [3.8, 4) is 0 Å². The van der Waals surface area contributed by atoms with E-state index < -0.39 is 9.84 Å². The average Bonchev–Trinajstić information content (AvgIpc) is 2.93. The highest BCUT2D eigenvalue weighted by atomic mass is 32.2. The van der Waals surface area contributed by atoms with Crippen LogP contribution in [0.15, 0.2) is 0 Å². The lowest BCUT2D eigenvalue weighted by Gasteiger charge is -2.23. The molecular weight excluding hydrogens is 248 g/mol. The van der Waals surface area contributed by atoms with Crippen LogP contribution in [0.1, 0.15) is 38.5 Å².